The lowest BCUT2D eigenvalue weighted by molar-refractivity contribution is 0.489. The number of hydrogen-bond donors (Lipinski definition) is 1. The summed E-state index contributed by atoms with van der Waals surface area (Å²) < 4.78 is 25.5. The number of benzene rings is 4. The van der Waals surface area contributed by atoms with Gasteiger partial charge in [0.05, 0.1) is 15.6 Å². The third-order valence-corrected chi connectivity index (χ3v) is 7.70. The molecule has 0 radical (unpaired) electrons. The molecule has 5 rings (SSSR count). The molecule has 176 valence electrons. The van der Waals surface area contributed by atoms with E-state index in [2.05, 4.69) is 0 Å². The van der Waals surface area contributed by atoms with Crippen molar-refractivity contribution in [3.05, 3.63) is 136 Å². The van der Waals surface area contributed by atoms with Crippen LogP contribution in [0.2, 0.25) is 0 Å². The van der Waals surface area contributed by atoms with Crippen molar-refractivity contribution in [3.63, 3.8) is 0 Å². The van der Waals surface area contributed by atoms with E-state index in [4.69, 9.17) is 15.1 Å². The molecule has 0 unspecified atom stereocenters. The molecule has 1 heterocycles. The molecular weight excluding hydrogens is 454 g/mol. The largest absolute Gasteiger partial charge is 0.253 e. The molecule has 4 aromatic carbocycles. The van der Waals surface area contributed by atoms with Crippen molar-refractivity contribution in [2.75, 3.05) is 0 Å². The number of sulfonamides is 1. The van der Waals surface area contributed by atoms with Gasteiger partial charge >= 0.3 is 0 Å². The summed E-state index contributed by atoms with van der Waals surface area (Å²) in [6.07, 6.45) is 0.527. The fourth-order valence-corrected chi connectivity index (χ4v) is 5.84. The van der Waals surface area contributed by atoms with Crippen molar-refractivity contribution >= 4 is 10.0 Å². The zero-order chi connectivity index (χ0) is 24.7. The normalized spacial score (nSPS) is 14.6. The summed E-state index contributed by atoms with van der Waals surface area (Å²) in [7, 11) is -3.98. The fourth-order valence-electron chi connectivity index (χ4n) is 5.01. The van der Waals surface area contributed by atoms with Crippen LogP contribution in [0.3, 0.4) is 0 Å². The summed E-state index contributed by atoms with van der Waals surface area (Å²) in [5.74, 6) is 0. The number of para-hydroxylation sites is 2. The van der Waals surface area contributed by atoms with Crippen molar-refractivity contribution in [2.24, 2.45) is 15.1 Å². The predicted molar refractivity (Wildman–Crippen MR) is 137 cm³/mol. The van der Waals surface area contributed by atoms with E-state index in [9.17, 15) is 8.42 Å². The quantitative estimate of drug-likeness (QED) is 0.424. The molecule has 2 N–H and O–H groups in total. The summed E-state index contributed by atoms with van der Waals surface area (Å²) in [4.78, 5) is 9.81. The highest BCUT2D eigenvalue weighted by molar-refractivity contribution is 7.89. The van der Waals surface area contributed by atoms with E-state index in [-0.39, 0.29) is 4.90 Å². The van der Waals surface area contributed by atoms with Gasteiger partial charge in [-0.2, -0.15) is 0 Å². The Balaban J connectivity index is 1.71. The molecule has 0 spiro atoms. The molecule has 5 nitrogen and oxygen atoms in total. The number of rotatable bonds is 6. The molecule has 1 aliphatic rings. The lowest BCUT2D eigenvalue weighted by Gasteiger charge is -2.34. The molecule has 0 aromatic heterocycles. The molecule has 0 atom stereocenters. The second-order valence-corrected chi connectivity index (χ2v) is 10.9. The molecule has 0 saturated carbocycles. The van der Waals surface area contributed by atoms with E-state index < -0.39 is 21.1 Å². The summed E-state index contributed by atoms with van der Waals surface area (Å²) in [6.45, 7) is 4.04. The molecule has 1 aliphatic heterocycles. The minimum atomic E-state index is -3.98. The molecule has 0 fully saturated rings. The summed E-state index contributed by atoms with van der Waals surface area (Å²) in [5.41, 5.74) is 2.10. The standard InChI is InChI=1S/C29H27N3O2S/c1-28(31-25-15-9-10-16-26(25)32-28)20-21-17-18-27(35(30,33)34)24(19-21)29(2,22-11-5-3-6-12-22)23-13-7-4-8-14-23/h3-19H,20H2,1-2H3,(H2,30,33,34). The Labute approximate surface area is 205 Å². The Bertz CT molecular complexity index is 1540. The van der Waals surface area contributed by atoms with Crippen LogP contribution in [0.15, 0.2) is 118 Å². The Kier molecular flexibility index (Phi) is 5.66. The molecule has 35 heavy (non-hydrogen) atoms. The highest BCUT2D eigenvalue weighted by atomic mass is 32.2. The van der Waals surface area contributed by atoms with Gasteiger partial charge in [0.15, 0.2) is 5.66 Å². The highest BCUT2D eigenvalue weighted by Crippen LogP contribution is 2.42. The minimum Gasteiger partial charge on any atom is -0.253 e. The average molecular weight is 482 g/mol. The average Bonchev–Trinajstić information content (AvgIpc) is 3.19. The zero-order valence-electron chi connectivity index (χ0n) is 19.7. The summed E-state index contributed by atoms with van der Waals surface area (Å²) in [6, 6.07) is 33.1. The van der Waals surface area contributed by atoms with Gasteiger partial charge in [0.2, 0.25) is 10.0 Å². The van der Waals surface area contributed by atoms with E-state index in [0.29, 0.717) is 12.0 Å². The Morgan fingerprint density at radius 1 is 0.771 bits per heavy atom. The Morgan fingerprint density at radius 2 is 1.26 bits per heavy atom. The first-order valence-electron chi connectivity index (χ1n) is 11.5. The molecule has 0 saturated heterocycles. The first kappa shape index (κ1) is 23.1. The van der Waals surface area contributed by atoms with Gasteiger partial charge in [0.1, 0.15) is 0 Å². The summed E-state index contributed by atoms with van der Waals surface area (Å²) in [5, 5.41) is 7.48. The van der Waals surface area contributed by atoms with Crippen LogP contribution in [0, 0.1) is 0 Å². The second-order valence-electron chi connectivity index (χ2n) is 9.34. The maximum absolute atomic E-state index is 12.8. The maximum Gasteiger partial charge on any atom is 0.238 e. The van der Waals surface area contributed by atoms with Crippen LogP contribution >= 0.6 is 0 Å². The SMILES string of the molecule is CC1(Cc2ccc(S(N)(=O)=O)c(C(C)(c3ccccc3)c3ccccc3)c2)N=c2ccccc2=N1. The molecule has 6 heteroatoms. The van der Waals surface area contributed by atoms with Crippen molar-refractivity contribution < 1.29 is 8.42 Å². The lowest BCUT2D eigenvalue weighted by Crippen LogP contribution is -2.30. The fraction of sp³-hybridized carbons (Fsp3) is 0.172. The number of primary sulfonamides is 1. The van der Waals surface area contributed by atoms with Crippen molar-refractivity contribution in [3.8, 4) is 0 Å². The van der Waals surface area contributed by atoms with Crippen LogP contribution in [0.5, 0.6) is 0 Å². The van der Waals surface area contributed by atoms with Crippen molar-refractivity contribution in [1.29, 1.82) is 0 Å². The first-order valence-corrected chi connectivity index (χ1v) is 13.1. The van der Waals surface area contributed by atoms with E-state index in [1.807, 2.05) is 111 Å². The van der Waals surface area contributed by atoms with E-state index in [1.54, 1.807) is 6.07 Å². The number of nitrogens with zero attached hydrogens (tertiary/aromatic N) is 2. The minimum absolute atomic E-state index is 0.116. The number of fused-ring (bicyclic) bond motifs is 1. The van der Waals surface area contributed by atoms with E-state index in [0.717, 1.165) is 27.4 Å². The molecular formula is C29H27N3O2S. The number of nitrogens with two attached hydrogens (primary N) is 1. The Morgan fingerprint density at radius 3 is 1.74 bits per heavy atom. The monoisotopic (exact) mass is 481 g/mol. The van der Waals surface area contributed by atoms with Gasteiger partial charge in [-0.05, 0) is 54.3 Å². The van der Waals surface area contributed by atoms with Gasteiger partial charge in [-0.15, -0.1) is 0 Å². The topological polar surface area (TPSA) is 84.9 Å². The third-order valence-electron chi connectivity index (χ3n) is 6.73. The van der Waals surface area contributed by atoms with Crippen LogP contribution < -0.4 is 15.9 Å². The molecule has 0 aliphatic carbocycles. The van der Waals surface area contributed by atoms with Crippen LogP contribution in [-0.2, 0) is 21.9 Å². The third kappa shape index (κ3) is 4.31. The highest BCUT2D eigenvalue weighted by Gasteiger charge is 2.36. The van der Waals surface area contributed by atoms with Gasteiger partial charge in [0, 0.05) is 11.8 Å². The van der Waals surface area contributed by atoms with Crippen molar-refractivity contribution in [2.45, 2.75) is 36.2 Å². The first-order chi connectivity index (χ1) is 16.7. The van der Waals surface area contributed by atoms with Crippen LogP contribution in [0.1, 0.15) is 36.1 Å². The second kappa shape index (κ2) is 8.56. The van der Waals surface area contributed by atoms with Gasteiger partial charge in [0.25, 0.3) is 0 Å². The number of hydrogen-bond acceptors (Lipinski definition) is 4. The van der Waals surface area contributed by atoms with Gasteiger partial charge in [-0.3, -0.25) is 9.98 Å². The molecule has 0 amide bonds. The predicted octanol–water partition coefficient (Wildman–Crippen LogP) is 3.90. The summed E-state index contributed by atoms with van der Waals surface area (Å²) >= 11 is 0. The van der Waals surface area contributed by atoms with Crippen LogP contribution in [0.25, 0.3) is 0 Å². The molecule has 4 aromatic rings. The van der Waals surface area contributed by atoms with Crippen molar-refractivity contribution in [1.82, 2.24) is 0 Å². The van der Waals surface area contributed by atoms with Gasteiger partial charge in [-0.1, -0.05) is 84.9 Å². The zero-order valence-corrected chi connectivity index (χ0v) is 20.5. The van der Waals surface area contributed by atoms with Gasteiger partial charge < -0.3 is 0 Å². The smallest absolute Gasteiger partial charge is 0.238 e. The Hall–Kier alpha value is -3.61. The molecule has 0 bridgehead atoms. The maximum atomic E-state index is 12.8. The van der Waals surface area contributed by atoms with E-state index in [1.165, 1.54) is 0 Å². The van der Waals surface area contributed by atoms with Gasteiger partial charge in [-0.25, -0.2) is 13.6 Å². The van der Waals surface area contributed by atoms with Crippen LogP contribution in [0.4, 0.5) is 0 Å². The van der Waals surface area contributed by atoms with Crippen LogP contribution in [-0.4, -0.2) is 14.1 Å². The lowest BCUT2D eigenvalue weighted by atomic mass is 9.70. The van der Waals surface area contributed by atoms with E-state index >= 15 is 0 Å².